The summed E-state index contributed by atoms with van der Waals surface area (Å²) in [6.07, 6.45) is 0. The first-order valence-electron chi connectivity index (χ1n) is 21.2. The molecule has 288 valence electrons. The van der Waals surface area contributed by atoms with Crippen LogP contribution in [0, 0.1) is 0 Å². The Morgan fingerprint density at radius 2 is 0.934 bits per heavy atom. The normalized spacial score (nSPS) is 12.9. The zero-order valence-electron chi connectivity index (χ0n) is 34.1. The van der Waals surface area contributed by atoms with E-state index in [2.05, 4.69) is 231 Å². The molecule has 2 nitrogen and oxygen atoms in total. The highest BCUT2D eigenvalue weighted by atomic mass is 16.3. The molecule has 0 radical (unpaired) electrons. The van der Waals surface area contributed by atoms with Gasteiger partial charge in [0.05, 0.1) is 11.4 Å². The summed E-state index contributed by atoms with van der Waals surface area (Å²) in [5.41, 5.74) is 17.2. The Kier molecular flexibility index (Phi) is 7.92. The highest BCUT2D eigenvalue weighted by Crippen LogP contribution is 2.55. The van der Waals surface area contributed by atoms with Crippen LogP contribution in [0.4, 0.5) is 17.1 Å². The van der Waals surface area contributed by atoms with E-state index in [0.29, 0.717) is 0 Å². The first-order chi connectivity index (χ1) is 30.0. The lowest BCUT2D eigenvalue weighted by atomic mass is 9.81. The van der Waals surface area contributed by atoms with Gasteiger partial charge in [-0.2, -0.15) is 0 Å². The van der Waals surface area contributed by atoms with E-state index in [1.165, 1.54) is 66.4 Å². The van der Waals surface area contributed by atoms with E-state index in [-0.39, 0.29) is 5.41 Å². The van der Waals surface area contributed by atoms with Crippen LogP contribution in [-0.4, -0.2) is 0 Å². The van der Waals surface area contributed by atoms with Crippen LogP contribution in [0.1, 0.15) is 25.0 Å². The van der Waals surface area contributed by atoms with Crippen molar-refractivity contribution in [3.63, 3.8) is 0 Å². The zero-order valence-corrected chi connectivity index (χ0v) is 34.1. The second-order valence-corrected chi connectivity index (χ2v) is 16.8. The highest BCUT2D eigenvalue weighted by Gasteiger charge is 2.39. The Hall–Kier alpha value is -7.68. The topological polar surface area (TPSA) is 16.4 Å². The number of furan rings is 1. The van der Waals surface area contributed by atoms with Gasteiger partial charge in [0, 0.05) is 38.4 Å². The Morgan fingerprint density at radius 3 is 1.80 bits per heavy atom. The summed E-state index contributed by atoms with van der Waals surface area (Å²) in [5.74, 6) is 0. The van der Waals surface area contributed by atoms with Crippen LogP contribution in [0.3, 0.4) is 0 Å². The lowest BCUT2D eigenvalue weighted by molar-refractivity contribution is 0.661. The van der Waals surface area contributed by atoms with E-state index in [9.17, 15) is 0 Å². The first-order valence-corrected chi connectivity index (χ1v) is 21.2. The van der Waals surface area contributed by atoms with Crippen LogP contribution in [0.25, 0.3) is 88.0 Å². The van der Waals surface area contributed by atoms with Crippen LogP contribution in [0.2, 0.25) is 0 Å². The van der Waals surface area contributed by atoms with Crippen LogP contribution in [-0.2, 0) is 5.41 Å². The molecule has 1 aliphatic rings. The molecule has 0 aliphatic heterocycles. The minimum absolute atomic E-state index is 0.225. The minimum atomic E-state index is -0.225. The zero-order chi connectivity index (χ0) is 40.7. The third-order valence-corrected chi connectivity index (χ3v) is 13.0. The number of nitrogens with zero attached hydrogens (tertiary/aromatic N) is 1. The number of hydrogen-bond acceptors (Lipinski definition) is 2. The van der Waals surface area contributed by atoms with E-state index < -0.39 is 0 Å². The molecule has 0 unspecified atom stereocenters. The highest BCUT2D eigenvalue weighted by molar-refractivity contribution is 6.17. The van der Waals surface area contributed by atoms with Gasteiger partial charge in [-0.05, 0) is 97.1 Å². The molecule has 0 spiro atoms. The lowest BCUT2D eigenvalue weighted by Gasteiger charge is -2.33. The molecule has 0 amide bonds. The van der Waals surface area contributed by atoms with Gasteiger partial charge in [0.2, 0.25) is 0 Å². The molecular formula is C59H41NO. The number of benzene rings is 10. The van der Waals surface area contributed by atoms with Gasteiger partial charge in [-0.1, -0.05) is 190 Å². The molecular weight excluding hydrogens is 739 g/mol. The van der Waals surface area contributed by atoms with Crippen molar-refractivity contribution in [2.24, 2.45) is 0 Å². The van der Waals surface area contributed by atoms with Gasteiger partial charge in [-0.3, -0.25) is 0 Å². The molecule has 1 aromatic heterocycles. The molecule has 11 aromatic rings. The number of hydrogen-bond donors (Lipinski definition) is 0. The second kappa shape index (κ2) is 13.7. The molecule has 1 aliphatic carbocycles. The van der Waals surface area contributed by atoms with E-state index in [1.54, 1.807) is 0 Å². The molecule has 0 atom stereocenters. The predicted octanol–water partition coefficient (Wildman–Crippen LogP) is 16.7. The molecule has 2 heteroatoms. The van der Waals surface area contributed by atoms with Gasteiger partial charge >= 0.3 is 0 Å². The van der Waals surface area contributed by atoms with Crippen molar-refractivity contribution in [2.45, 2.75) is 19.3 Å². The predicted molar refractivity (Wildman–Crippen MR) is 257 cm³/mol. The maximum Gasteiger partial charge on any atom is 0.143 e. The molecule has 1 heterocycles. The Balaban J connectivity index is 1.05. The smallest absolute Gasteiger partial charge is 0.143 e. The van der Waals surface area contributed by atoms with Gasteiger partial charge < -0.3 is 9.32 Å². The summed E-state index contributed by atoms with van der Waals surface area (Å²) in [6.45, 7) is 4.74. The molecule has 0 bridgehead atoms. The maximum atomic E-state index is 6.96. The molecule has 10 aromatic carbocycles. The third kappa shape index (κ3) is 5.49. The average molecular weight is 780 g/mol. The molecule has 0 N–H and O–H groups in total. The molecule has 0 fully saturated rings. The minimum Gasteiger partial charge on any atom is -0.455 e. The van der Waals surface area contributed by atoms with Crippen molar-refractivity contribution >= 4 is 60.5 Å². The summed E-state index contributed by atoms with van der Waals surface area (Å²) < 4.78 is 6.96. The summed E-state index contributed by atoms with van der Waals surface area (Å²) in [4.78, 5) is 2.48. The molecule has 61 heavy (non-hydrogen) atoms. The Bertz CT molecular complexity index is 3510. The second-order valence-electron chi connectivity index (χ2n) is 16.8. The fourth-order valence-electron chi connectivity index (χ4n) is 10.2. The van der Waals surface area contributed by atoms with Crippen LogP contribution in [0.5, 0.6) is 0 Å². The Morgan fingerprint density at radius 1 is 0.361 bits per heavy atom. The van der Waals surface area contributed by atoms with Crippen LogP contribution < -0.4 is 4.90 Å². The van der Waals surface area contributed by atoms with Crippen LogP contribution in [0.15, 0.2) is 217 Å². The van der Waals surface area contributed by atoms with Crippen molar-refractivity contribution in [3.05, 3.63) is 223 Å². The summed E-state index contributed by atoms with van der Waals surface area (Å²) >= 11 is 0. The lowest BCUT2D eigenvalue weighted by Crippen LogP contribution is -2.21. The van der Waals surface area contributed by atoms with E-state index >= 15 is 0 Å². The largest absolute Gasteiger partial charge is 0.455 e. The van der Waals surface area contributed by atoms with Gasteiger partial charge in [-0.15, -0.1) is 0 Å². The number of rotatable bonds is 6. The van der Waals surface area contributed by atoms with Crippen molar-refractivity contribution in [3.8, 4) is 44.5 Å². The van der Waals surface area contributed by atoms with Gasteiger partial charge in [-0.25, -0.2) is 0 Å². The van der Waals surface area contributed by atoms with Gasteiger partial charge in [0.15, 0.2) is 0 Å². The molecule has 12 rings (SSSR count). The summed E-state index contributed by atoms with van der Waals surface area (Å²) in [6, 6.07) is 77.3. The fraction of sp³-hybridized carbons (Fsp3) is 0.0508. The fourth-order valence-corrected chi connectivity index (χ4v) is 10.2. The monoisotopic (exact) mass is 779 g/mol. The van der Waals surface area contributed by atoms with Crippen molar-refractivity contribution in [2.75, 3.05) is 4.90 Å². The van der Waals surface area contributed by atoms with Crippen molar-refractivity contribution in [1.29, 1.82) is 0 Å². The quantitative estimate of drug-likeness (QED) is 0.167. The number of anilines is 3. The van der Waals surface area contributed by atoms with Crippen molar-refractivity contribution < 1.29 is 4.42 Å². The number of para-hydroxylation sites is 2. The van der Waals surface area contributed by atoms with E-state index in [0.717, 1.165) is 49.8 Å². The van der Waals surface area contributed by atoms with Gasteiger partial charge in [0.25, 0.3) is 0 Å². The first kappa shape index (κ1) is 35.3. The van der Waals surface area contributed by atoms with Crippen molar-refractivity contribution in [1.82, 2.24) is 0 Å². The van der Waals surface area contributed by atoms with E-state index in [4.69, 9.17) is 4.42 Å². The van der Waals surface area contributed by atoms with Gasteiger partial charge in [0.1, 0.15) is 11.2 Å². The summed E-state index contributed by atoms with van der Waals surface area (Å²) in [7, 11) is 0. The SMILES string of the molecule is CC1(C)c2ccccc2-c2cccc(N(c3ccc(-c4cccc(-c5cccc6ccccc56)c4)cc3)c3ccccc3-c3cccc4c3oc3c5ccccc5ccc43)c21. The number of fused-ring (bicyclic) bond motifs is 9. The molecule has 0 saturated heterocycles. The van der Waals surface area contributed by atoms with E-state index in [1.807, 2.05) is 0 Å². The van der Waals surface area contributed by atoms with Crippen LogP contribution >= 0.6 is 0 Å². The molecule has 0 saturated carbocycles. The third-order valence-electron chi connectivity index (χ3n) is 13.0. The maximum absolute atomic E-state index is 6.96. The Labute approximate surface area is 355 Å². The standard InChI is InChI=1S/C59H41NO/c1-59(2)53-28-9-7-22-47(53)49-25-14-30-55(56(49)59)60(43-34-31-38(32-35-43)41-18-11-19-42(37-41)45-24-12-17-39-15-3-5-20-44(39)45)54-29-10-8-23-48(54)50-26-13-27-51-52-36-33-40-16-4-6-21-46(40)57(52)61-58(50)51/h3-37H,1-2H3. The average Bonchev–Trinajstić information content (AvgIpc) is 3.82. The summed E-state index contributed by atoms with van der Waals surface area (Å²) in [5, 5.41) is 7.06.